The van der Waals surface area contributed by atoms with Crippen molar-refractivity contribution in [2.45, 2.75) is 26.5 Å². The normalized spacial score (nSPS) is 21.3. The van der Waals surface area contributed by atoms with Gasteiger partial charge in [0.25, 0.3) is 0 Å². The number of hydrogen-bond donors (Lipinski definition) is 2. The van der Waals surface area contributed by atoms with Crippen LogP contribution in [0.5, 0.6) is 0 Å². The van der Waals surface area contributed by atoms with Crippen LogP contribution in [0.15, 0.2) is 6.07 Å². The van der Waals surface area contributed by atoms with E-state index < -0.39 is 9.84 Å². The molecule has 21 heavy (non-hydrogen) atoms. The van der Waals surface area contributed by atoms with Gasteiger partial charge in [-0.15, -0.1) is 0 Å². The van der Waals surface area contributed by atoms with Gasteiger partial charge in [-0.25, -0.2) is 24.2 Å². The van der Waals surface area contributed by atoms with Crippen molar-refractivity contribution in [3.8, 4) is 0 Å². The van der Waals surface area contributed by atoms with Gasteiger partial charge in [-0.2, -0.15) is 0 Å². The van der Waals surface area contributed by atoms with E-state index in [2.05, 4.69) is 15.4 Å². The highest BCUT2D eigenvalue weighted by molar-refractivity contribution is 7.91. The Labute approximate surface area is 124 Å². The van der Waals surface area contributed by atoms with Crippen LogP contribution in [0.1, 0.15) is 19.7 Å². The Balaban J connectivity index is 2.25. The van der Waals surface area contributed by atoms with Gasteiger partial charge in [0.2, 0.25) is 0 Å². The Kier molecular flexibility index (Phi) is 4.96. The molecule has 118 valence electrons. The highest BCUT2D eigenvalue weighted by Gasteiger charge is 2.29. The lowest BCUT2D eigenvalue weighted by molar-refractivity contribution is 0.128. The van der Waals surface area contributed by atoms with Crippen molar-refractivity contribution in [3.05, 3.63) is 11.9 Å². The molecule has 0 amide bonds. The minimum absolute atomic E-state index is 0.128. The summed E-state index contributed by atoms with van der Waals surface area (Å²) in [5.41, 5.74) is 2.50. The summed E-state index contributed by atoms with van der Waals surface area (Å²) < 4.78 is 28.6. The zero-order valence-corrected chi connectivity index (χ0v) is 13.1. The molecule has 0 aromatic carbocycles. The summed E-state index contributed by atoms with van der Waals surface area (Å²) in [6.07, 6.45) is 0. The van der Waals surface area contributed by atoms with Gasteiger partial charge in [-0.05, 0) is 13.8 Å². The van der Waals surface area contributed by atoms with Gasteiger partial charge in [0.05, 0.1) is 11.5 Å². The third kappa shape index (κ3) is 4.02. The van der Waals surface area contributed by atoms with E-state index in [4.69, 9.17) is 10.6 Å². The molecule has 1 aromatic heterocycles. The first-order valence-electron chi connectivity index (χ1n) is 6.84. The lowest BCUT2D eigenvalue weighted by atomic mass is 10.3. The fraction of sp³-hybridized carbons (Fsp3) is 0.667. The second kappa shape index (κ2) is 6.54. The van der Waals surface area contributed by atoms with Crippen molar-refractivity contribution in [3.63, 3.8) is 0 Å². The minimum atomic E-state index is -2.96. The molecule has 0 radical (unpaired) electrons. The Morgan fingerprint density at radius 3 is 2.90 bits per heavy atom. The molecule has 0 bridgehead atoms. The summed E-state index contributed by atoms with van der Waals surface area (Å²) in [5, 5.41) is 0. The Bertz CT molecular complexity index is 593. The smallest absolute Gasteiger partial charge is 0.158 e. The number of anilines is 2. The minimum Gasteiger partial charge on any atom is -0.374 e. The maximum atomic E-state index is 11.7. The lowest BCUT2D eigenvalue weighted by Gasteiger charge is -2.34. The fourth-order valence-electron chi connectivity index (χ4n) is 2.30. The predicted molar refractivity (Wildman–Crippen MR) is 80.6 cm³/mol. The van der Waals surface area contributed by atoms with Crippen molar-refractivity contribution in [1.29, 1.82) is 0 Å². The zero-order chi connectivity index (χ0) is 15.5. The molecule has 0 saturated carbocycles. The van der Waals surface area contributed by atoms with Crippen LogP contribution in [0, 0.1) is 0 Å². The molecule has 1 unspecified atom stereocenters. The molecule has 2 heterocycles. The number of nitrogen functional groups attached to an aromatic ring is 1. The van der Waals surface area contributed by atoms with Crippen molar-refractivity contribution in [2.75, 3.05) is 35.0 Å². The summed E-state index contributed by atoms with van der Waals surface area (Å²) in [4.78, 5) is 10.6. The molecule has 1 aliphatic rings. The van der Waals surface area contributed by atoms with Crippen molar-refractivity contribution in [1.82, 2.24) is 9.97 Å². The number of sulfone groups is 1. The third-order valence-corrected chi connectivity index (χ3v) is 5.10. The van der Waals surface area contributed by atoms with Gasteiger partial charge in [0, 0.05) is 25.3 Å². The van der Waals surface area contributed by atoms with Gasteiger partial charge in [-0.1, -0.05) is 0 Å². The molecule has 1 fully saturated rings. The van der Waals surface area contributed by atoms with Crippen molar-refractivity contribution in [2.24, 2.45) is 5.84 Å². The number of rotatable bonds is 5. The SMILES string of the molecule is CCOCc1nc(NN)cc(N2CCS(=O)(=O)CC2C)n1. The first kappa shape index (κ1) is 15.9. The second-order valence-corrected chi connectivity index (χ2v) is 7.19. The van der Waals surface area contributed by atoms with Crippen LogP contribution in [0.25, 0.3) is 0 Å². The van der Waals surface area contributed by atoms with E-state index >= 15 is 0 Å². The van der Waals surface area contributed by atoms with E-state index in [1.807, 2.05) is 18.7 Å². The molecule has 9 heteroatoms. The van der Waals surface area contributed by atoms with Gasteiger partial charge in [0.15, 0.2) is 15.7 Å². The van der Waals surface area contributed by atoms with Crippen LogP contribution in [0.4, 0.5) is 11.6 Å². The van der Waals surface area contributed by atoms with Crippen LogP contribution in [0.3, 0.4) is 0 Å². The summed E-state index contributed by atoms with van der Waals surface area (Å²) in [7, 11) is -2.96. The summed E-state index contributed by atoms with van der Waals surface area (Å²) in [6.45, 7) is 5.04. The lowest BCUT2D eigenvalue weighted by Crippen LogP contribution is -2.47. The molecule has 3 N–H and O–H groups in total. The summed E-state index contributed by atoms with van der Waals surface area (Å²) >= 11 is 0. The molecule has 0 aliphatic carbocycles. The average Bonchev–Trinajstić information content (AvgIpc) is 2.43. The standard InChI is InChI=1S/C12H21N5O3S/c1-3-20-7-11-14-10(16-13)6-12(15-11)17-4-5-21(18,19)8-9(17)2/h6,9H,3-5,7-8,13H2,1-2H3,(H,14,15,16). The monoisotopic (exact) mass is 315 g/mol. The van der Waals surface area contributed by atoms with E-state index in [1.54, 1.807) is 6.07 Å². The number of nitrogens with zero attached hydrogens (tertiary/aromatic N) is 3. The van der Waals surface area contributed by atoms with E-state index in [1.165, 1.54) is 0 Å². The first-order chi connectivity index (χ1) is 9.95. The van der Waals surface area contributed by atoms with E-state index in [0.717, 1.165) is 0 Å². The van der Waals surface area contributed by atoms with E-state index in [9.17, 15) is 8.42 Å². The maximum Gasteiger partial charge on any atom is 0.158 e. The second-order valence-electron chi connectivity index (χ2n) is 4.97. The first-order valence-corrected chi connectivity index (χ1v) is 8.66. The van der Waals surface area contributed by atoms with Crippen LogP contribution >= 0.6 is 0 Å². The molecule has 1 saturated heterocycles. The molecule has 1 aliphatic heterocycles. The van der Waals surface area contributed by atoms with Crippen LogP contribution in [-0.4, -0.2) is 49.1 Å². The number of nitrogens with one attached hydrogen (secondary N) is 1. The highest BCUT2D eigenvalue weighted by Crippen LogP contribution is 2.22. The number of ether oxygens (including phenoxy) is 1. The van der Waals surface area contributed by atoms with Crippen molar-refractivity contribution < 1.29 is 13.2 Å². The highest BCUT2D eigenvalue weighted by atomic mass is 32.2. The third-order valence-electron chi connectivity index (χ3n) is 3.31. The predicted octanol–water partition coefficient (Wildman–Crippen LogP) is -0.0780. The fourth-order valence-corrected chi connectivity index (χ4v) is 3.86. The Hall–Kier alpha value is -1.45. The van der Waals surface area contributed by atoms with Crippen LogP contribution in [-0.2, 0) is 21.2 Å². The van der Waals surface area contributed by atoms with Crippen LogP contribution < -0.4 is 16.2 Å². The number of aromatic nitrogens is 2. The van der Waals surface area contributed by atoms with Gasteiger partial charge in [0.1, 0.15) is 18.2 Å². The molecule has 1 atom stereocenters. The molecule has 0 spiro atoms. The summed E-state index contributed by atoms with van der Waals surface area (Å²) in [6, 6.07) is 1.58. The molecular formula is C12H21N5O3S. The molecular weight excluding hydrogens is 294 g/mol. The van der Waals surface area contributed by atoms with Gasteiger partial charge in [-0.3, -0.25) is 0 Å². The molecule has 8 nitrogen and oxygen atoms in total. The topological polar surface area (TPSA) is 110 Å². The Morgan fingerprint density at radius 1 is 1.52 bits per heavy atom. The Morgan fingerprint density at radius 2 is 2.29 bits per heavy atom. The quantitative estimate of drug-likeness (QED) is 0.573. The number of hydrazine groups is 1. The maximum absolute atomic E-state index is 11.7. The largest absolute Gasteiger partial charge is 0.374 e. The van der Waals surface area contributed by atoms with Crippen molar-refractivity contribution >= 4 is 21.5 Å². The van der Waals surface area contributed by atoms with Gasteiger partial charge >= 0.3 is 0 Å². The van der Waals surface area contributed by atoms with Crippen LogP contribution in [0.2, 0.25) is 0 Å². The summed E-state index contributed by atoms with van der Waals surface area (Å²) in [5.74, 6) is 7.35. The molecule has 2 rings (SSSR count). The van der Waals surface area contributed by atoms with Gasteiger partial charge < -0.3 is 15.1 Å². The number of hydrogen-bond acceptors (Lipinski definition) is 8. The molecule has 1 aromatic rings. The average molecular weight is 315 g/mol. The zero-order valence-electron chi connectivity index (χ0n) is 12.2. The number of nitrogens with two attached hydrogens (primary N) is 1. The van der Waals surface area contributed by atoms with E-state index in [-0.39, 0.29) is 17.5 Å². The van der Waals surface area contributed by atoms with E-state index in [0.29, 0.717) is 37.2 Å².